The molecule has 1 aliphatic heterocycles. The lowest BCUT2D eigenvalue weighted by atomic mass is 10.2. The third-order valence-corrected chi connectivity index (χ3v) is 4.79. The number of furan rings is 1. The molecular formula is C17H12BrFN2O4S. The Bertz CT molecular complexity index is 894. The lowest BCUT2D eigenvalue weighted by Gasteiger charge is -2.12. The maximum atomic E-state index is 12.9. The minimum absolute atomic E-state index is 0.0407. The van der Waals surface area contributed by atoms with Gasteiger partial charge in [-0.2, -0.15) is 0 Å². The van der Waals surface area contributed by atoms with Crippen LogP contribution in [-0.4, -0.2) is 35.0 Å². The molecule has 0 aliphatic carbocycles. The van der Waals surface area contributed by atoms with Gasteiger partial charge in [0.1, 0.15) is 5.82 Å². The lowest BCUT2D eigenvalue weighted by molar-refractivity contribution is -0.122. The fourth-order valence-corrected chi connectivity index (χ4v) is 3.38. The van der Waals surface area contributed by atoms with Gasteiger partial charge in [0.15, 0.2) is 10.4 Å². The first-order valence-electron chi connectivity index (χ1n) is 7.48. The Balaban J connectivity index is 1.58. The zero-order valence-corrected chi connectivity index (χ0v) is 15.6. The molecule has 3 amide bonds. The number of nitrogens with one attached hydrogen (secondary N) is 1. The third-order valence-electron chi connectivity index (χ3n) is 3.46. The minimum Gasteiger partial charge on any atom is -0.444 e. The van der Waals surface area contributed by atoms with Crippen molar-refractivity contribution in [1.82, 2.24) is 10.2 Å². The summed E-state index contributed by atoms with van der Waals surface area (Å²) in [5.41, 5.74) is 0.619. The van der Waals surface area contributed by atoms with Crippen molar-refractivity contribution in [3.63, 3.8) is 0 Å². The van der Waals surface area contributed by atoms with E-state index in [1.807, 2.05) is 0 Å². The van der Waals surface area contributed by atoms with Gasteiger partial charge >= 0.3 is 0 Å². The molecule has 0 atom stereocenters. The second-order valence-electron chi connectivity index (χ2n) is 5.24. The van der Waals surface area contributed by atoms with Crippen LogP contribution in [0.2, 0.25) is 0 Å². The van der Waals surface area contributed by atoms with Crippen LogP contribution >= 0.6 is 27.7 Å². The van der Waals surface area contributed by atoms with E-state index in [2.05, 4.69) is 21.2 Å². The van der Waals surface area contributed by atoms with Gasteiger partial charge in [-0.15, -0.1) is 0 Å². The zero-order chi connectivity index (χ0) is 18.7. The molecule has 0 radical (unpaired) electrons. The van der Waals surface area contributed by atoms with Crippen LogP contribution in [0.25, 0.3) is 6.08 Å². The number of rotatable bonds is 5. The predicted molar refractivity (Wildman–Crippen MR) is 97.8 cm³/mol. The van der Waals surface area contributed by atoms with Gasteiger partial charge in [-0.1, -0.05) is 12.1 Å². The summed E-state index contributed by atoms with van der Waals surface area (Å²) in [7, 11) is 0. The van der Waals surface area contributed by atoms with Crippen LogP contribution in [0.3, 0.4) is 0 Å². The molecule has 1 aromatic heterocycles. The fraction of sp³-hybridized carbons (Fsp3) is 0.118. The summed E-state index contributed by atoms with van der Waals surface area (Å²) < 4.78 is 18.5. The number of imide groups is 1. The molecule has 6 nitrogen and oxygen atoms in total. The molecule has 2 heterocycles. The summed E-state index contributed by atoms with van der Waals surface area (Å²) >= 11 is 3.91. The van der Waals surface area contributed by atoms with Crippen LogP contribution < -0.4 is 5.32 Å². The number of carbonyl (C=O) groups is 3. The van der Waals surface area contributed by atoms with Crippen LogP contribution in [0.5, 0.6) is 0 Å². The fourth-order valence-electron chi connectivity index (χ4n) is 2.21. The molecule has 0 bridgehead atoms. The standard InChI is InChI=1S/C17H12BrFN2O4S/c18-14-6-5-12(25-14)15(22)20-7-8-21-16(23)13(26-17(21)24)9-10-1-3-11(19)4-2-10/h1-6,9H,7-8H2,(H,20,22). The van der Waals surface area contributed by atoms with E-state index in [0.29, 0.717) is 10.2 Å². The Labute approximate surface area is 160 Å². The number of amides is 3. The van der Waals surface area contributed by atoms with Crippen LogP contribution in [-0.2, 0) is 4.79 Å². The van der Waals surface area contributed by atoms with E-state index in [1.54, 1.807) is 6.07 Å². The quantitative estimate of drug-likeness (QED) is 0.720. The Kier molecular flexibility index (Phi) is 5.58. The first-order valence-corrected chi connectivity index (χ1v) is 9.09. The summed E-state index contributed by atoms with van der Waals surface area (Å²) in [5, 5.41) is 2.16. The summed E-state index contributed by atoms with van der Waals surface area (Å²) in [6, 6.07) is 8.68. The molecule has 26 heavy (non-hydrogen) atoms. The van der Waals surface area contributed by atoms with E-state index in [9.17, 15) is 18.8 Å². The van der Waals surface area contributed by atoms with Gasteiger partial charge in [0.25, 0.3) is 17.1 Å². The Morgan fingerprint density at radius 3 is 2.62 bits per heavy atom. The van der Waals surface area contributed by atoms with E-state index in [0.717, 1.165) is 16.7 Å². The van der Waals surface area contributed by atoms with Crippen molar-refractivity contribution in [2.24, 2.45) is 0 Å². The zero-order valence-electron chi connectivity index (χ0n) is 13.2. The normalized spacial score (nSPS) is 15.8. The van der Waals surface area contributed by atoms with Crippen LogP contribution in [0.1, 0.15) is 16.1 Å². The molecule has 2 aromatic rings. The summed E-state index contributed by atoms with van der Waals surface area (Å²) in [6.45, 7) is 0.137. The van der Waals surface area contributed by atoms with E-state index in [1.165, 1.54) is 36.4 Å². The van der Waals surface area contributed by atoms with Crippen molar-refractivity contribution in [3.05, 3.63) is 63.1 Å². The largest absolute Gasteiger partial charge is 0.444 e. The lowest BCUT2D eigenvalue weighted by Crippen LogP contribution is -2.37. The third kappa shape index (κ3) is 4.23. The van der Waals surface area contributed by atoms with Crippen molar-refractivity contribution >= 4 is 50.8 Å². The molecule has 0 spiro atoms. The number of nitrogens with zero attached hydrogens (tertiary/aromatic N) is 1. The van der Waals surface area contributed by atoms with E-state index in [4.69, 9.17) is 4.42 Å². The first-order chi connectivity index (χ1) is 12.4. The number of hydrogen-bond donors (Lipinski definition) is 1. The van der Waals surface area contributed by atoms with Gasteiger partial charge in [-0.3, -0.25) is 19.3 Å². The predicted octanol–water partition coefficient (Wildman–Crippen LogP) is 3.65. The van der Waals surface area contributed by atoms with Crippen LogP contribution in [0.4, 0.5) is 9.18 Å². The molecule has 1 aromatic carbocycles. The molecule has 1 aliphatic rings. The highest BCUT2D eigenvalue weighted by Crippen LogP contribution is 2.31. The molecule has 9 heteroatoms. The molecule has 134 valence electrons. The van der Waals surface area contributed by atoms with Crippen LogP contribution in [0.15, 0.2) is 50.4 Å². The van der Waals surface area contributed by atoms with Crippen molar-refractivity contribution < 1.29 is 23.2 Å². The second kappa shape index (κ2) is 7.88. The maximum Gasteiger partial charge on any atom is 0.293 e. The number of benzene rings is 1. The Hall–Kier alpha value is -2.39. The van der Waals surface area contributed by atoms with E-state index in [-0.39, 0.29) is 29.6 Å². The number of halogens is 2. The molecule has 1 saturated heterocycles. The highest BCUT2D eigenvalue weighted by Gasteiger charge is 2.34. The minimum atomic E-state index is -0.445. The molecule has 1 fully saturated rings. The highest BCUT2D eigenvalue weighted by atomic mass is 79.9. The molecule has 3 rings (SSSR count). The second-order valence-corrected chi connectivity index (χ2v) is 7.02. The monoisotopic (exact) mass is 438 g/mol. The van der Waals surface area contributed by atoms with E-state index >= 15 is 0 Å². The van der Waals surface area contributed by atoms with Crippen molar-refractivity contribution in [2.45, 2.75) is 0 Å². The van der Waals surface area contributed by atoms with Crippen molar-refractivity contribution in [2.75, 3.05) is 13.1 Å². The van der Waals surface area contributed by atoms with Gasteiger partial charge in [0, 0.05) is 13.1 Å². The number of thioether (sulfide) groups is 1. The average molecular weight is 439 g/mol. The maximum absolute atomic E-state index is 12.9. The number of hydrogen-bond acceptors (Lipinski definition) is 5. The Morgan fingerprint density at radius 1 is 1.23 bits per heavy atom. The van der Waals surface area contributed by atoms with Gasteiger partial charge in [-0.25, -0.2) is 4.39 Å². The van der Waals surface area contributed by atoms with Gasteiger partial charge < -0.3 is 9.73 Å². The first kappa shape index (κ1) is 18.4. The topological polar surface area (TPSA) is 79.6 Å². The van der Waals surface area contributed by atoms with E-state index < -0.39 is 17.1 Å². The number of carbonyl (C=O) groups excluding carboxylic acids is 3. The van der Waals surface area contributed by atoms with Gasteiger partial charge in [0.05, 0.1) is 4.91 Å². The van der Waals surface area contributed by atoms with Gasteiger partial charge in [0.2, 0.25) is 0 Å². The Morgan fingerprint density at radius 2 is 1.96 bits per heavy atom. The van der Waals surface area contributed by atoms with Crippen molar-refractivity contribution in [3.8, 4) is 0 Å². The molecule has 1 N–H and O–H groups in total. The highest BCUT2D eigenvalue weighted by molar-refractivity contribution is 9.10. The van der Waals surface area contributed by atoms with Crippen molar-refractivity contribution in [1.29, 1.82) is 0 Å². The average Bonchev–Trinajstić information content (AvgIpc) is 3.15. The summed E-state index contributed by atoms with van der Waals surface area (Å²) in [6.07, 6.45) is 1.53. The molecular weight excluding hydrogens is 427 g/mol. The SMILES string of the molecule is O=C(NCCN1C(=O)SC(=Cc2ccc(F)cc2)C1=O)c1ccc(Br)o1. The van der Waals surface area contributed by atoms with Crippen LogP contribution in [0, 0.1) is 5.82 Å². The smallest absolute Gasteiger partial charge is 0.293 e. The summed E-state index contributed by atoms with van der Waals surface area (Å²) in [5.74, 6) is -1.14. The molecule has 0 unspecified atom stereocenters. The summed E-state index contributed by atoms with van der Waals surface area (Å²) in [4.78, 5) is 37.5. The van der Waals surface area contributed by atoms with Gasteiger partial charge in [-0.05, 0) is 63.6 Å². The molecule has 0 saturated carbocycles.